The largest absolute Gasteiger partial charge is 0.456 e. The lowest BCUT2D eigenvalue weighted by Gasteiger charge is -2.23. The van der Waals surface area contributed by atoms with Gasteiger partial charge in [0.1, 0.15) is 16.8 Å². The second-order valence-electron chi connectivity index (χ2n) is 7.72. The van der Waals surface area contributed by atoms with Crippen LogP contribution in [-0.2, 0) is 19.1 Å². The molecule has 1 fully saturated rings. The van der Waals surface area contributed by atoms with E-state index in [0.717, 1.165) is 6.42 Å². The Morgan fingerprint density at radius 3 is 1.83 bits per heavy atom. The van der Waals surface area contributed by atoms with Gasteiger partial charge >= 0.3 is 11.9 Å². The lowest BCUT2D eigenvalue weighted by Crippen LogP contribution is -2.31. The topological polar surface area (TPSA) is 52.6 Å². The van der Waals surface area contributed by atoms with E-state index in [2.05, 4.69) is 0 Å². The molecule has 24 heavy (non-hydrogen) atoms. The summed E-state index contributed by atoms with van der Waals surface area (Å²) in [5.74, 6) is 1.15. The van der Waals surface area contributed by atoms with Crippen molar-refractivity contribution in [2.24, 2.45) is 0 Å². The van der Waals surface area contributed by atoms with Crippen molar-refractivity contribution in [1.82, 2.24) is 0 Å². The van der Waals surface area contributed by atoms with Crippen LogP contribution in [0.4, 0.5) is 0 Å². The van der Waals surface area contributed by atoms with Gasteiger partial charge in [0.15, 0.2) is 0 Å². The highest BCUT2D eigenvalue weighted by molar-refractivity contribution is 8.17. The summed E-state index contributed by atoms with van der Waals surface area (Å²) in [7, 11) is 0. The van der Waals surface area contributed by atoms with Gasteiger partial charge in [0.2, 0.25) is 0 Å². The Labute approximate surface area is 154 Å². The number of thioether (sulfide) groups is 2. The molecule has 0 aromatic rings. The van der Waals surface area contributed by atoms with E-state index in [-0.39, 0.29) is 5.57 Å². The fourth-order valence-electron chi connectivity index (χ4n) is 1.98. The molecular weight excluding hydrogens is 344 g/mol. The van der Waals surface area contributed by atoms with Crippen molar-refractivity contribution in [3.8, 4) is 0 Å². The Bertz CT molecular complexity index is 436. The molecule has 0 unspecified atom stereocenters. The van der Waals surface area contributed by atoms with E-state index in [1.165, 1.54) is 17.9 Å². The summed E-state index contributed by atoms with van der Waals surface area (Å²) in [6.45, 7) is 10.7. The summed E-state index contributed by atoms with van der Waals surface area (Å²) in [6.07, 6.45) is 4.53. The highest BCUT2D eigenvalue weighted by Crippen LogP contribution is 2.33. The molecule has 1 heterocycles. The van der Waals surface area contributed by atoms with E-state index >= 15 is 0 Å². The average Bonchev–Trinajstić information content (AvgIpc) is 2.40. The van der Waals surface area contributed by atoms with Crippen LogP contribution in [0.3, 0.4) is 0 Å². The van der Waals surface area contributed by atoms with Crippen LogP contribution in [0.15, 0.2) is 11.6 Å². The van der Waals surface area contributed by atoms with Crippen molar-refractivity contribution < 1.29 is 19.1 Å². The summed E-state index contributed by atoms with van der Waals surface area (Å²) in [6, 6.07) is 0. The third-order valence-electron chi connectivity index (χ3n) is 2.88. The maximum Gasteiger partial charge on any atom is 0.345 e. The predicted molar refractivity (Wildman–Crippen MR) is 102 cm³/mol. The molecule has 1 rings (SSSR count). The monoisotopic (exact) mass is 374 g/mol. The van der Waals surface area contributed by atoms with Crippen molar-refractivity contribution in [2.75, 3.05) is 11.5 Å². The van der Waals surface area contributed by atoms with E-state index in [4.69, 9.17) is 9.47 Å². The number of carbonyl (C=O) groups excluding carboxylic acids is 2. The van der Waals surface area contributed by atoms with Gasteiger partial charge in [-0.15, -0.1) is 23.5 Å². The van der Waals surface area contributed by atoms with Crippen molar-refractivity contribution in [3.63, 3.8) is 0 Å². The SMILES string of the molecule is CC(C)(C)OC(=O)C(=CCCC1SCCCS1)C(=O)OC(C)(C)C. The zero-order chi connectivity index (χ0) is 18.4. The van der Waals surface area contributed by atoms with Crippen LogP contribution in [0.25, 0.3) is 0 Å². The highest BCUT2D eigenvalue weighted by Gasteiger charge is 2.28. The molecule has 1 aliphatic heterocycles. The van der Waals surface area contributed by atoms with Crippen molar-refractivity contribution in [3.05, 3.63) is 11.6 Å². The summed E-state index contributed by atoms with van der Waals surface area (Å²) >= 11 is 3.91. The molecule has 6 heteroatoms. The fourth-order valence-corrected chi connectivity index (χ4v) is 4.88. The molecular formula is C18H30O4S2. The van der Waals surface area contributed by atoms with Gasteiger partial charge in [-0.05, 0) is 72.3 Å². The Morgan fingerprint density at radius 2 is 1.42 bits per heavy atom. The van der Waals surface area contributed by atoms with E-state index in [1.807, 2.05) is 23.5 Å². The quantitative estimate of drug-likeness (QED) is 0.304. The molecule has 0 radical (unpaired) electrons. The zero-order valence-electron chi connectivity index (χ0n) is 15.6. The van der Waals surface area contributed by atoms with Crippen LogP contribution < -0.4 is 0 Å². The first kappa shape index (κ1) is 21.4. The molecule has 1 aliphatic rings. The van der Waals surface area contributed by atoms with Gasteiger partial charge in [-0.2, -0.15) is 0 Å². The molecule has 4 nitrogen and oxygen atoms in total. The predicted octanol–water partition coefficient (Wildman–Crippen LogP) is 4.57. The Kier molecular flexibility index (Phi) is 8.20. The van der Waals surface area contributed by atoms with Crippen LogP contribution in [0.1, 0.15) is 60.8 Å². The van der Waals surface area contributed by atoms with Gasteiger partial charge in [-0.1, -0.05) is 6.08 Å². The maximum absolute atomic E-state index is 12.4. The van der Waals surface area contributed by atoms with E-state index < -0.39 is 23.1 Å². The molecule has 0 aliphatic carbocycles. The van der Waals surface area contributed by atoms with Gasteiger partial charge in [0.05, 0.1) is 4.58 Å². The third kappa shape index (κ3) is 9.02. The van der Waals surface area contributed by atoms with Crippen LogP contribution in [-0.4, -0.2) is 39.2 Å². The van der Waals surface area contributed by atoms with Gasteiger partial charge in [0.25, 0.3) is 0 Å². The van der Waals surface area contributed by atoms with Crippen LogP contribution in [0.5, 0.6) is 0 Å². The first-order chi connectivity index (χ1) is 11.0. The van der Waals surface area contributed by atoms with Crippen LogP contribution in [0.2, 0.25) is 0 Å². The summed E-state index contributed by atoms with van der Waals surface area (Å²) in [5.41, 5.74) is -1.29. The normalized spacial score (nSPS) is 16.4. The van der Waals surface area contributed by atoms with Gasteiger partial charge in [0, 0.05) is 0 Å². The maximum atomic E-state index is 12.4. The molecule has 0 atom stereocenters. The minimum Gasteiger partial charge on any atom is -0.456 e. The second-order valence-corrected chi connectivity index (χ2v) is 10.6. The number of rotatable bonds is 5. The van der Waals surface area contributed by atoms with Crippen molar-refractivity contribution in [1.29, 1.82) is 0 Å². The Balaban J connectivity index is 2.76. The third-order valence-corrected chi connectivity index (χ3v) is 5.96. The number of esters is 2. The number of hydrogen-bond acceptors (Lipinski definition) is 6. The van der Waals surface area contributed by atoms with E-state index in [0.29, 0.717) is 11.0 Å². The molecule has 0 saturated carbocycles. The molecule has 0 spiro atoms. The smallest absolute Gasteiger partial charge is 0.345 e. The lowest BCUT2D eigenvalue weighted by atomic mass is 10.1. The molecule has 0 aromatic carbocycles. The zero-order valence-corrected chi connectivity index (χ0v) is 17.3. The first-order valence-electron chi connectivity index (χ1n) is 8.38. The Morgan fingerprint density at radius 1 is 0.958 bits per heavy atom. The molecule has 138 valence electrons. The highest BCUT2D eigenvalue weighted by atomic mass is 32.2. The minimum atomic E-state index is -0.646. The molecule has 1 saturated heterocycles. The van der Waals surface area contributed by atoms with Crippen LogP contribution >= 0.6 is 23.5 Å². The first-order valence-corrected chi connectivity index (χ1v) is 10.5. The van der Waals surface area contributed by atoms with E-state index in [9.17, 15) is 9.59 Å². The molecule has 0 amide bonds. The van der Waals surface area contributed by atoms with Gasteiger partial charge < -0.3 is 9.47 Å². The Hall–Kier alpha value is -0.620. The van der Waals surface area contributed by atoms with Gasteiger partial charge in [-0.25, -0.2) is 9.59 Å². The van der Waals surface area contributed by atoms with Gasteiger partial charge in [-0.3, -0.25) is 0 Å². The number of carbonyl (C=O) groups is 2. The van der Waals surface area contributed by atoms with Crippen molar-refractivity contribution >= 4 is 35.5 Å². The second kappa shape index (κ2) is 9.18. The van der Waals surface area contributed by atoms with E-state index in [1.54, 1.807) is 47.6 Å². The average molecular weight is 375 g/mol. The number of ether oxygens (including phenoxy) is 2. The molecule has 0 N–H and O–H groups in total. The standard InChI is InChI=1S/C18H30O4S2/c1-17(2,3)21-15(19)13(16(20)22-18(4,5)6)9-7-10-14-23-11-8-12-24-14/h9,14H,7-8,10-12H2,1-6H3. The van der Waals surface area contributed by atoms with Crippen molar-refractivity contribution in [2.45, 2.75) is 76.6 Å². The summed E-state index contributed by atoms with van der Waals surface area (Å²) in [4.78, 5) is 24.7. The minimum absolute atomic E-state index is 0.00524. The summed E-state index contributed by atoms with van der Waals surface area (Å²) < 4.78 is 11.3. The lowest BCUT2D eigenvalue weighted by molar-refractivity contribution is -0.158. The number of allylic oxidation sites excluding steroid dienone is 1. The van der Waals surface area contributed by atoms with Crippen LogP contribution in [0, 0.1) is 0 Å². The molecule has 0 aromatic heterocycles. The summed E-state index contributed by atoms with van der Waals surface area (Å²) in [5, 5.41) is 0. The number of hydrogen-bond donors (Lipinski definition) is 0. The molecule has 0 bridgehead atoms. The fraction of sp³-hybridized carbons (Fsp3) is 0.778.